The Bertz CT molecular complexity index is 361. The molecular weight excluding hydrogens is 244 g/mol. The van der Waals surface area contributed by atoms with Crippen LogP contribution in [-0.2, 0) is 6.42 Å². The number of aliphatic hydroxyl groups is 1. The number of ether oxygens (including phenoxy) is 1. The summed E-state index contributed by atoms with van der Waals surface area (Å²) in [5.74, 6) is 1.71. The number of aliphatic hydroxyl groups excluding tert-OH is 1. The molecule has 1 aliphatic rings. The predicted molar refractivity (Wildman–Crippen MR) is 77.4 cm³/mol. The van der Waals surface area contributed by atoms with Crippen molar-refractivity contribution < 1.29 is 9.84 Å². The summed E-state index contributed by atoms with van der Waals surface area (Å²) < 4.78 is 5.19. The van der Waals surface area contributed by atoms with Crippen molar-refractivity contribution in [3.05, 3.63) is 29.8 Å². The second kappa shape index (κ2) is 7.05. The van der Waals surface area contributed by atoms with E-state index in [0.717, 1.165) is 28.7 Å². The SMILES string of the molecule is COc1cccc(CC(O)CSC2CCCC2)c1. The van der Waals surface area contributed by atoms with Gasteiger partial charge < -0.3 is 9.84 Å². The van der Waals surface area contributed by atoms with E-state index in [9.17, 15) is 5.11 Å². The molecule has 1 atom stereocenters. The highest BCUT2D eigenvalue weighted by molar-refractivity contribution is 7.99. The van der Waals surface area contributed by atoms with Crippen molar-refractivity contribution in [2.45, 2.75) is 43.5 Å². The van der Waals surface area contributed by atoms with E-state index in [1.807, 2.05) is 36.0 Å². The first-order chi connectivity index (χ1) is 8.78. The summed E-state index contributed by atoms with van der Waals surface area (Å²) in [7, 11) is 1.67. The molecule has 0 spiro atoms. The Kier molecular flexibility index (Phi) is 5.39. The lowest BCUT2D eigenvalue weighted by atomic mass is 10.1. The number of hydrogen-bond donors (Lipinski definition) is 1. The third-order valence-electron chi connectivity index (χ3n) is 3.43. The summed E-state index contributed by atoms with van der Waals surface area (Å²) in [5, 5.41) is 10.8. The van der Waals surface area contributed by atoms with Crippen LogP contribution in [0.1, 0.15) is 31.2 Å². The van der Waals surface area contributed by atoms with Gasteiger partial charge in [0.2, 0.25) is 0 Å². The summed E-state index contributed by atoms with van der Waals surface area (Å²) in [6.07, 6.45) is 5.86. The van der Waals surface area contributed by atoms with Crippen LogP contribution in [0, 0.1) is 0 Å². The fraction of sp³-hybridized carbons (Fsp3) is 0.600. The lowest BCUT2D eigenvalue weighted by molar-refractivity contribution is 0.200. The van der Waals surface area contributed by atoms with E-state index in [-0.39, 0.29) is 6.10 Å². The van der Waals surface area contributed by atoms with Crippen molar-refractivity contribution in [1.82, 2.24) is 0 Å². The second-order valence-corrected chi connectivity index (χ2v) is 6.28. The lowest BCUT2D eigenvalue weighted by Crippen LogP contribution is -2.15. The van der Waals surface area contributed by atoms with Gasteiger partial charge in [0.25, 0.3) is 0 Å². The van der Waals surface area contributed by atoms with E-state index >= 15 is 0 Å². The number of thioether (sulfide) groups is 1. The van der Waals surface area contributed by atoms with Crippen LogP contribution < -0.4 is 4.74 Å². The first kappa shape index (κ1) is 13.8. The molecule has 1 saturated carbocycles. The fourth-order valence-corrected chi connectivity index (χ4v) is 3.71. The Hall–Kier alpha value is -0.670. The molecule has 3 heteroatoms. The molecule has 1 aromatic rings. The first-order valence-electron chi connectivity index (χ1n) is 6.70. The molecule has 2 nitrogen and oxygen atoms in total. The van der Waals surface area contributed by atoms with Gasteiger partial charge in [-0.25, -0.2) is 0 Å². The zero-order valence-electron chi connectivity index (χ0n) is 11.0. The molecule has 0 radical (unpaired) electrons. The molecule has 0 saturated heterocycles. The Morgan fingerprint density at radius 2 is 2.17 bits per heavy atom. The number of benzene rings is 1. The highest BCUT2D eigenvalue weighted by Gasteiger charge is 2.17. The molecule has 1 unspecified atom stereocenters. The van der Waals surface area contributed by atoms with Crippen LogP contribution >= 0.6 is 11.8 Å². The van der Waals surface area contributed by atoms with Crippen LogP contribution in [0.3, 0.4) is 0 Å². The highest BCUT2D eigenvalue weighted by Crippen LogP contribution is 2.30. The zero-order chi connectivity index (χ0) is 12.8. The maximum atomic E-state index is 10.1. The van der Waals surface area contributed by atoms with Gasteiger partial charge in [0.05, 0.1) is 13.2 Å². The van der Waals surface area contributed by atoms with Gasteiger partial charge in [0.1, 0.15) is 5.75 Å². The van der Waals surface area contributed by atoms with Crippen molar-refractivity contribution in [1.29, 1.82) is 0 Å². The molecular formula is C15H22O2S. The van der Waals surface area contributed by atoms with Crippen LogP contribution in [0.25, 0.3) is 0 Å². The Morgan fingerprint density at radius 3 is 2.89 bits per heavy atom. The van der Waals surface area contributed by atoms with Gasteiger partial charge in [-0.05, 0) is 37.0 Å². The van der Waals surface area contributed by atoms with Crippen molar-refractivity contribution in [3.8, 4) is 5.75 Å². The minimum Gasteiger partial charge on any atom is -0.497 e. The van der Waals surface area contributed by atoms with Crippen LogP contribution in [-0.4, -0.2) is 29.3 Å². The molecule has 18 heavy (non-hydrogen) atoms. The first-order valence-corrected chi connectivity index (χ1v) is 7.75. The van der Waals surface area contributed by atoms with E-state index in [4.69, 9.17) is 4.74 Å². The standard InChI is InChI=1S/C15H22O2S/c1-17-14-6-4-5-12(10-14)9-13(16)11-18-15-7-2-3-8-15/h4-6,10,13,15-16H,2-3,7-9,11H2,1H3. The summed E-state index contributed by atoms with van der Waals surface area (Å²) >= 11 is 1.94. The third kappa shape index (κ3) is 4.21. The van der Waals surface area contributed by atoms with Gasteiger partial charge in [-0.2, -0.15) is 11.8 Å². The normalized spacial score (nSPS) is 17.9. The molecule has 2 rings (SSSR count). The van der Waals surface area contributed by atoms with E-state index < -0.39 is 0 Å². The van der Waals surface area contributed by atoms with Gasteiger partial charge in [0.15, 0.2) is 0 Å². The van der Waals surface area contributed by atoms with E-state index in [1.54, 1.807) is 7.11 Å². The summed E-state index contributed by atoms with van der Waals surface area (Å²) in [5.41, 5.74) is 1.15. The third-order valence-corrected chi connectivity index (χ3v) is 4.95. The van der Waals surface area contributed by atoms with Crippen molar-refractivity contribution >= 4 is 11.8 Å². The molecule has 0 heterocycles. The van der Waals surface area contributed by atoms with E-state index in [0.29, 0.717) is 0 Å². The minimum atomic E-state index is -0.247. The predicted octanol–water partition coefficient (Wildman–Crippen LogP) is 3.27. The molecule has 0 amide bonds. The van der Waals surface area contributed by atoms with Crippen molar-refractivity contribution in [2.75, 3.05) is 12.9 Å². The van der Waals surface area contributed by atoms with E-state index in [2.05, 4.69) is 0 Å². The minimum absolute atomic E-state index is 0.247. The largest absolute Gasteiger partial charge is 0.497 e. The molecule has 100 valence electrons. The summed E-state index contributed by atoms with van der Waals surface area (Å²) in [4.78, 5) is 0. The maximum Gasteiger partial charge on any atom is 0.119 e. The molecule has 1 aromatic carbocycles. The molecule has 0 bridgehead atoms. The van der Waals surface area contributed by atoms with Crippen LogP contribution in [0.4, 0.5) is 0 Å². The zero-order valence-corrected chi connectivity index (χ0v) is 11.8. The molecule has 1 fully saturated rings. The molecule has 1 aliphatic carbocycles. The van der Waals surface area contributed by atoms with Crippen LogP contribution in [0.15, 0.2) is 24.3 Å². The lowest BCUT2D eigenvalue weighted by Gasteiger charge is -2.14. The van der Waals surface area contributed by atoms with Gasteiger partial charge in [-0.1, -0.05) is 25.0 Å². The van der Waals surface area contributed by atoms with Crippen molar-refractivity contribution in [3.63, 3.8) is 0 Å². The average Bonchev–Trinajstić information content (AvgIpc) is 2.90. The summed E-state index contributed by atoms with van der Waals surface area (Å²) in [6.45, 7) is 0. The highest BCUT2D eigenvalue weighted by atomic mass is 32.2. The second-order valence-electron chi connectivity index (χ2n) is 4.95. The quantitative estimate of drug-likeness (QED) is 0.857. The van der Waals surface area contributed by atoms with Gasteiger partial charge >= 0.3 is 0 Å². The van der Waals surface area contributed by atoms with Gasteiger partial charge in [-0.3, -0.25) is 0 Å². The fourth-order valence-electron chi connectivity index (χ4n) is 2.43. The smallest absolute Gasteiger partial charge is 0.119 e. The van der Waals surface area contributed by atoms with Gasteiger partial charge in [-0.15, -0.1) is 0 Å². The topological polar surface area (TPSA) is 29.5 Å². The number of hydrogen-bond acceptors (Lipinski definition) is 3. The number of rotatable bonds is 6. The number of methoxy groups -OCH3 is 1. The molecule has 0 aliphatic heterocycles. The Labute approximate surface area is 114 Å². The Morgan fingerprint density at radius 1 is 1.39 bits per heavy atom. The van der Waals surface area contributed by atoms with Gasteiger partial charge in [0, 0.05) is 11.0 Å². The maximum absolute atomic E-state index is 10.1. The molecule has 0 aromatic heterocycles. The monoisotopic (exact) mass is 266 g/mol. The molecule has 1 N–H and O–H groups in total. The average molecular weight is 266 g/mol. The van der Waals surface area contributed by atoms with Crippen molar-refractivity contribution in [2.24, 2.45) is 0 Å². The van der Waals surface area contributed by atoms with E-state index in [1.165, 1.54) is 25.7 Å². The van der Waals surface area contributed by atoms with Crippen LogP contribution in [0.2, 0.25) is 0 Å². The Balaban J connectivity index is 1.76. The van der Waals surface area contributed by atoms with Crippen LogP contribution in [0.5, 0.6) is 5.75 Å². The summed E-state index contributed by atoms with van der Waals surface area (Å²) in [6, 6.07) is 7.96.